The van der Waals surface area contributed by atoms with Crippen LogP contribution in [0.4, 0.5) is 0 Å². The first-order valence-corrected chi connectivity index (χ1v) is 6.32. The van der Waals surface area contributed by atoms with Crippen LogP contribution in [0.3, 0.4) is 0 Å². The van der Waals surface area contributed by atoms with Crippen LogP contribution in [-0.2, 0) is 6.54 Å². The molecule has 2 rings (SSSR count). The third-order valence-electron chi connectivity index (χ3n) is 2.68. The number of hydrogen-bond donors (Lipinski definition) is 1. The Bertz CT molecular complexity index is 695. The van der Waals surface area contributed by atoms with Crippen LogP contribution < -0.4 is 5.56 Å². The standard InChI is InChI=1S/C13H11BrN2O3/c1-8-11(14)12(17)16(7-15-8)6-9-3-2-4-10(5-9)13(18)19/h2-5,7H,6H2,1H3,(H,18,19). The van der Waals surface area contributed by atoms with Gasteiger partial charge in [0.2, 0.25) is 0 Å². The molecule has 0 aliphatic carbocycles. The summed E-state index contributed by atoms with van der Waals surface area (Å²) in [7, 11) is 0. The van der Waals surface area contributed by atoms with Crippen LogP contribution in [0, 0.1) is 6.92 Å². The van der Waals surface area contributed by atoms with Gasteiger partial charge in [0.15, 0.2) is 0 Å². The molecule has 1 aromatic carbocycles. The van der Waals surface area contributed by atoms with Gasteiger partial charge in [-0.2, -0.15) is 0 Å². The van der Waals surface area contributed by atoms with Crippen molar-refractivity contribution in [2.24, 2.45) is 0 Å². The van der Waals surface area contributed by atoms with Gasteiger partial charge in [0, 0.05) is 0 Å². The lowest BCUT2D eigenvalue weighted by Crippen LogP contribution is -2.22. The Morgan fingerprint density at radius 1 is 1.47 bits per heavy atom. The predicted molar refractivity (Wildman–Crippen MR) is 73.4 cm³/mol. The Balaban J connectivity index is 2.37. The SMILES string of the molecule is Cc1ncn(Cc2cccc(C(=O)O)c2)c(=O)c1Br. The first-order valence-electron chi connectivity index (χ1n) is 5.53. The van der Waals surface area contributed by atoms with Gasteiger partial charge in [-0.1, -0.05) is 12.1 Å². The van der Waals surface area contributed by atoms with E-state index >= 15 is 0 Å². The van der Waals surface area contributed by atoms with E-state index in [0.717, 1.165) is 5.56 Å². The number of halogens is 1. The number of carbonyl (C=O) groups is 1. The summed E-state index contributed by atoms with van der Waals surface area (Å²) in [6, 6.07) is 6.48. The van der Waals surface area contributed by atoms with Gasteiger partial charge in [-0.15, -0.1) is 0 Å². The smallest absolute Gasteiger partial charge is 0.335 e. The molecular weight excluding hydrogens is 312 g/mol. The van der Waals surface area contributed by atoms with E-state index in [1.807, 2.05) is 0 Å². The third-order valence-corrected chi connectivity index (χ3v) is 3.60. The van der Waals surface area contributed by atoms with Crippen molar-refractivity contribution >= 4 is 21.9 Å². The fourth-order valence-electron chi connectivity index (χ4n) is 1.66. The van der Waals surface area contributed by atoms with E-state index in [1.165, 1.54) is 17.0 Å². The molecule has 0 bridgehead atoms. The molecule has 0 unspecified atom stereocenters. The van der Waals surface area contributed by atoms with Crippen molar-refractivity contribution in [3.63, 3.8) is 0 Å². The number of rotatable bonds is 3. The van der Waals surface area contributed by atoms with Crippen LogP contribution in [-0.4, -0.2) is 20.6 Å². The third kappa shape index (κ3) is 2.90. The second kappa shape index (κ2) is 5.36. The molecule has 2 aromatic rings. The highest BCUT2D eigenvalue weighted by Crippen LogP contribution is 2.09. The van der Waals surface area contributed by atoms with Crippen molar-refractivity contribution in [3.8, 4) is 0 Å². The van der Waals surface area contributed by atoms with Crippen LogP contribution in [0.25, 0.3) is 0 Å². The number of hydrogen-bond acceptors (Lipinski definition) is 3. The lowest BCUT2D eigenvalue weighted by molar-refractivity contribution is 0.0696. The van der Waals surface area contributed by atoms with Gasteiger partial charge in [-0.05, 0) is 40.5 Å². The Hall–Kier alpha value is -1.95. The first-order chi connectivity index (χ1) is 8.99. The molecule has 0 amide bonds. The number of benzene rings is 1. The van der Waals surface area contributed by atoms with Crippen LogP contribution in [0.15, 0.2) is 39.9 Å². The van der Waals surface area contributed by atoms with Gasteiger partial charge in [-0.25, -0.2) is 9.78 Å². The molecule has 1 aromatic heterocycles. The van der Waals surface area contributed by atoms with Crippen molar-refractivity contribution in [1.82, 2.24) is 9.55 Å². The summed E-state index contributed by atoms with van der Waals surface area (Å²) in [5, 5.41) is 8.92. The molecule has 0 saturated heterocycles. The van der Waals surface area contributed by atoms with Crippen molar-refractivity contribution in [1.29, 1.82) is 0 Å². The van der Waals surface area contributed by atoms with Gasteiger partial charge in [0.1, 0.15) is 4.47 Å². The van der Waals surface area contributed by atoms with E-state index in [4.69, 9.17) is 5.11 Å². The predicted octanol–water partition coefficient (Wildman–Crippen LogP) is 2.06. The zero-order valence-electron chi connectivity index (χ0n) is 10.1. The van der Waals surface area contributed by atoms with Crippen LogP contribution in [0.2, 0.25) is 0 Å². The average Bonchev–Trinajstić information content (AvgIpc) is 2.40. The molecule has 0 aliphatic rings. The summed E-state index contributed by atoms with van der Waals surface area (Å²) >= 11 is 3.19. The van der Waals surface area contributed by atoms with Crippen molar-refractivity contribution < 1.29 is 9.90 Å². The fraction of sp³-hybridized carbons (Fsp3) is 0.154. The van der Waals surface area contributed by atoms with E-state index < -0.39 is 5.97 Å². The van der Waals surface area contributed by atoms with E-state index in [-0.39, 0.29) is 17.7 Å². The Labute approximate surface area is 117 Å². The van der Waals surface area contributed by atoms with Gasteiger partial charge in [0.05, 0.1) is 24.1 Å². The maximum atomic E-state index is 12.0. The Kier molecular flexibility index (Phi) is 3.80. The average molecular weight is 323 g/mol. The molecule has 1 heterocycles. The maximum absolute atomic E-state index is 12.0. The van der Waals surface area contributed by atoms with E-state index in [2.05, 4.69) is 20.9 Å². The maximum Gasteiger partial charge on any atom is 0.335 e. The van der Waals surface area contributed by atoms with Crippen molar-refractivity contribution in [2.45, 2.75) is 13.5 Å². The molecule has 19 heavy (non-hydrogen) atoms. The number of aryl methyl sites for hydroxylation is 1. The quantitative estimate of drug-likeness (QED) is 0.938. The second-order valence-electron chi connectivity index (χ2n) is 4.08. The van der Waals surface area contributed by atoms with Gasteiger partial charge in [0.25, 0.3) is 5.56 Å². The summed E-state index contributed by atoms with van der Waals surface area (Å²) in [5.74, 6) is -0.989. The summed E-state index contributed by atoms with van der Waals surface area (Å²) < 4.78 is 1.85. The van der Waals surface area contributed by atoms with Gasteiger partial charge >= 0.3 is 5.97 Å². The summed E-state index contributed by atoms with van der Waals surface area (Å²) in [5.41, 5.74) is 1.37. The molecule has 0 atom stereocenters. The molecule has 0 saturated carbocycles. The first kappa shape index (κ1) is 13.5. The molecule has 0 aliphatic heterocycles. The molecule has 0 fully saturated rings. The molecule has 6 heteroatoms. The normalized spacial score (nSPS) is 10.4. The minimum Gasteiger partial charge on any atom is -0.478 e. The van der Waals surface area contributed by atoms with Crippen LogP contribution in [0.5, 0.6) is 0 Å². The minimum atomic E-state index is -0.989. The zero-order valence-corrected chi connectivity index (χ0v) is 11.7. The Morgan fingerprint density at radius 2 is 2.21 bits per heavy atom. The molecule has 1 N–H and O–H groups in total. The van der Waals surface area contributed by atoms with Crippen molar-refractivity contribution in [2.75, 3.05) is 0 Å². The van der Waals surface area contributed by atoms with Crippen LogP contribution in [0.1, 0.15) is 21.6 Å². The highest BCUT2D eigenvalue weighted by atomic mass is 79.9. The summed E-state index contributed by atoms with van der Waals surface area (Å²) in [6.07, 6.45) is 1.45. The molecule has 0 radical (unpaired) electrons. The molecule has 0 spiro atoms. The number of carboxylic acid groups (broad SMARTS) is 1. The summed E-state index contributed by atoms with van der Waals surface area (Å²) in [6.45, 7) is 2.02. The zero-order chi connectivity index (χ0) is 14.0. The number of aromatic nitrogens is 2. The lowest BCUT2D eigenvalue weighted by atomic mass is 10.1. The number of carboxylic acids is 1. The largest absolute Gasteiger partial charge is 0.478 e. The topological polar surface area (TPSA) is 72.2 Å². The number of aromatic carboxylic acids is 1. The molecule has 98 valence electrons. The molecule has 5 nitrogen and oxygen atoms in total. The molecular formula is C13H11BrN2O3. The minimum absolute atomic E-state index is 0.187. The second-order valence-corrected chi connectivity index (χ2v) is 4.88. The highest BCUT2D eigenvalue weighted by Gasteiger charge is 2.07. The lowest BCUT2D eigenvalue weighted by Gasteiger charge is -2.07. The Morgan fingerprint density at radius 3 is 2.89 bits per heavy atom. The van der Waals surface area contributed by atoms with Gasteiger partial charge in [-0.3, -0.25) is 9.36 Å². The monoisotopic (exact) mass is 322 g/mol. The van der Waals surface area contributed by atoms with Gasteiger partial charge < -0.3 is 5.11 Å². The van der Waals surface area contributed by atoms with E-state index in [1.54, 1.807) is 25.1 Å². The summed E-state index contributed by atoms with van der Waals surface area (Å²) in [4.78, 5) is 26.9. The van der Waals surface area contributed by atoms with Crippen molar-refractivity contribution in [3.05, 3.63) is 62.2 Å². The van der Waals surface area contributed by atoms with E-state index in [0.29, 0.717) is 10.2 Å². The number of nitrogens with zero attached hydrogens (tertiary/aromatic N) is 2. The highest BCUT2D eigenvalue weighted by molar-refractivity contribution is 9.10. The van der Waals surface area contributed by atoms with E-state index in [9.17, 15) is 9.59 Å². The van der Waals surface area contributed by atoms with Crippen LogP contribution >= 0.6 is 15.9 Å². The fourth-order valence-corrected chi connectivity index (χ4v) is 1.99.